The van der Waals surface area contributed by atoms with Crippen LogP contribution in [0.15, 0.2) is 35.8 Å². The fourth-order valence-corrected chi connectivity index (χ4v) is 2.69. The van der Waals surface area contributed by atoms with E-state index in [1.807, 2.05) is 6.07 Å². The molecule has 2 aromatic heterocycles. The van der Waals surface area contributed by atoms with Gasteiger partial charge in [0.2, 0.25) is 0 Å². The number of hydrogen-bond acceptors (Lipinski definition) is 5. The Morgan fingerprint density at radius 3 is 2.71 bits per heavy atom. The molecular weight excluding hydrogens is 284 g/mol. The number of carbonyl (C=O) groups excluding carboxylic acids is 1. The zero-order valence-corrected chi connectivity index (χ0v) is 13.4. The Hall–Kier alpha value is -1.88. The van der Waals surface area contributed by atoms with E-state index in [1.54, 1.807) is 30.5 Å². The summed E-state index contributed by atoms with van der Waals surface area (Å²) in [6, 6.07) is 8.14. The number of anilines is 1. The molecule has 21 heavy (non-hydrogen) atoms. The molecule has 2 aromatic rings. The van der Waals surface area contributed by atoms with Crippen molar-refractivity contribution in [3.63, 3.8) is 0 Å². The van der Waals surface area contributed by atoms with Crippen molar-refractivity contribution >= 4 is 23.1 Å². The summed E-state index contributed by atoms with van der Waals surface area (Å²) >= 11 is 1.73. The van der Waals surface area contributed by atoms with E-state index in [9.17, 15) is 4.79 Å². The molecule has 0 N–H and O–H groups in total. The number of ether oxygens (including phenoxy) is 1. The van der Waals surface area contributed by atoms with E-state index in [0.29, 0.717) is 18.2 Å². The van der Waals surface area contributed by atoms with E-state index >= 15 is 0 Å². The highest BCUT2D eigenvalue weighted by Gasteiger charge is 2.14. The molecule has 4 nitrogen and oxygen atoms in total. The predicted octanol–water partition coefficient (Wildman–Crippen LogP) is 3.73. The second-order valence-corrected chi connectivity index (χ2v) is 5.96. The van der Waals surface area contributed by atoms with Gasteiger partial charge in [0.05, 0.1) is 18.7 Å². The third kappa shape index (κ3) is 4.04. The maximum absolute atomic E-state index is 11.6. The van der Waals surface area contributed by atoms with Gasteiger partial charge in [0.15, 0.2) is 0 Å². The minimum atomic E-state index is -0.328. The molecule has 5 heteroatoms. The Bertz CT molecular complexity index is 564. The standard InChI is InChI=1S/C16H20N2O2S/c1-4-20-16(19)13-7-8-15(17-10-13)18(12(2)3)11-14-6-5-9-21-14/h5-10,12H,4,11H2,1-3H3. The van der Waals surface area contributed by atoms with Gasteiger partial charge in [-0.2, -0.15) is 0 Å². The van der Waals surface area contributed by atoms with Gasteiger partial charge in [-0.15, -0.1) is 11.3 Å². The van der Waals surface area contributed by atoms with E-state index in [4.69, 9.17) is 4.74 Å². The van der Waals surface area contributed by atoms with Gasteiger partial charge in [-0.25, -0.2) is 9.78 Å². The topological polar surface area (TPSA) is 42.4 Å². The molecule has 0 amide bonds. The summed E-state index contributed by atoms with van der Waals surface area (Å²) in [7, 11) is 0. The monoisotopic (exact) mass is 304 g/mol. The van der Waals surface area contributed by atoms with Crippen molar-refractivity contribution in [2.75, 3.05) is 11.5 Å². The van der Waals surface area contributed by atoms with Crippen LogP contribution in [0, 0.1) is 0 Å². The summed E-state index contributed by atoms with van der Waals surface area (Å²) in [4.78, 5) is 19.6. The molecule has 0 fully saturated rings. The molecule has 0 saturated heterocycles. The van der Waals surface area contributed by atoms with Crippen LogP contribution in [0.4, 0.5) is 5.82 Å². The molecule has 0 spiro atoms. The van der Waals surface area contributed by atoms with Crippen molar-refractivity contribution in [2.24, 2.45) is 0 Å². The predicted molar refractivity (Wildman–Crippen MR) is 85.8 cm³/mol. The van der Waals surface area contributed by atoms with Crippen LogP contribution in [-0.2, 0) is 11.3 Å². The number of hydrogen-bond donors (Lipinski definition) is 0. The lowest BCUT2D eigenvalue weighted by molar-refractivity contribution is 0.0526. The molecule has 0 unspecified atom stereocenters. The van der Waals surface area contributed by atoms with E-state index in [2.05, 4.69) is 41.2 Å². The van der Waals surface area contributed by atoms with Crippen LogP contribution in [0.1, 0.15) is 36.0 Å². The number of pyridine rings is 1. The van der Waals surface area contributed by atoms with Crippen molar-refractivity contribution in [1.29, 1.82) is 0 Å². The van der Waals surface area contributed by atoms with Gasteiger partial charge in [-0.3, -0.25) is 0 Å². The van der Waals surface area contributed by atoms with Gasteiger partial charge in [-0.1, -0.05) is 6.07 Å². The first-order valence-electron chi connectivity index (χ1n) is 7.04. The molecule has 0 saturated carbocycles. The number of rotatable bonds is 6. The van der Waals surface area contributed by atoms with E-state index in [0.717, 1.165) is 12.4 Å². The third-order valence-corrected chi connectivity index (χ3v) is 3.94. The normalized spacial score (nSPS) is 10.7. The first kappa shape index (κ1) is 15.5. The van der Waals surface area contributed by atoms with Crippen molar-refractivity contribution < 1.29 is 9.53 Å². The molecule has 0 radical (unpaired) electrons. The zero-order valence-electron chi connectivity index (χ0n) is 12.6. The number of carbonyl (C=O) groups is 1. The van der Waals surface area contributed by atoms with Crippen molar-refractivity contribution in [1.82, 2.24) is 4.98 Å². The van der Waals surface area contributed by atoms with E-state index in [1.165, 1.54) is 4.88 Å². The highest BCUT2D eigenvalue weighted by Crippen LogP contribution is 2.20. The molecule has 2 rings (SSSR count). The molecule has 0 aliphatic rings. The zero-order chi connectivity index (χ0) is 15.2. The van der Waals surface area contributed by atoms with Crippen LogP contribution in [0.5, 0.6) is 0 Å². The molecule has 0 atom stereocenters. The van der Waals surface area contributed by atoms with Crippen molar-refractivity contribution in [3.05, 3.63) is 46.3 Å². The molecule has 0 aliphatic carbocycles. The number of aromatic nitrogens is 1. The largest absolute Gasteiger partial charge is 0.462 e. The number of esters is 1. The van der Waals surface area contributed by atoms with Crippen LogP contribution < -0.4 is 4.90 Å². The molecular formula is C16H20N2O2S. The summed E-state index contributed by atoms with van der Waals surface area (Å²) in [5.41, 5.74) is 0.487. The third-order valence-electron chi connectivity index (χ3n) is 3.08. The lowest BCUT2D eigenvalue weighted by Crippen LogP contribution is -2.30. The Morgan fingerprint density at radius 2 is 2.19 bits per heavy atom. The summed E-state index contributed by atoms with van der Waals surface area (Å²) in [6.07, 6.45) is 1.58. The smallest absolute Gasteiger partial charge is 0.339 e. The number of thiophene rings is 1. The van der Waals surface area contributed by atoms with Crippen LogP contribution in [0.25, 0.3) is 0 Å². The van der Waals surface area contributed by atoms with E-state index < -0.39 is 0 Å². The van der Waals surface area contributed by atoms with Crippen LogP contribution in [0.3, 0.4) is 0 Å². The van der Waals surface area contributed by atoms with Gasteiger partial charge >= 0.3 is 5.97 Å². The van der Waals surface area contributed by atoms with Gasteiger partial charge in [0, 0.05) is 17.1 Å². The second-order valence-electron chi connectivity index (χ2n) is 4.93. The van der Waals surface area contributed by atoms with Crippen LogP contribution in [-0.4, -0.2) is 23.6 Å². The second kappa shape index (κ2) is 7.22. The average molecular weight is 304 g/mol. The Balaban J connectivity index is 2.15. The highest BCUT2D eigenvalue weighted by atomic mass is 32.1. The van der Waals surface area contributed by atoms with Gasteiger partial charge in [-0.05, 0) is 44.4 Å². The Morgan fingerprint density at radius 1 is 1.38 bits per heavy atom. The molecule has 0 aliphatic heterocycles. The first-order valence-corrected chi connectivity index (χ1v) is 7.92. The quantitative estimate of drug-likeness (QED) is 0.763. The minimum Gasteiger partial charge on any atom is -0.462 e. The van der Waals surface area contributed by atoms with Crippen LogP contribution in [0.2, 0.25) is 0 Å². The molecule has 112 valence electrons. The summed E-state index contributed by atoms with van der Waals surface area (Å²) in [6.45, 7) is 7.25. The maximum atomic E-state index is 11.6. The summed E-state index contributed by atoms with van der Waals surface area (Å²) in [5.74, 6) is 0.539. The van der Waals surface area contributed by atoms with Crippen molar-refractivity contribution in [2.45, 2.75) is 33.4 Å². The fraction of sp³-hybridized carbons (Fsp3) is 0.375. The first-order chi connectivity index (χ1) is 10.1. The maximum Gasteiger partial charge on any atom is 0.339 e. The van der Waals surface area contributed by atoms with Gasteiger partial charge in [0.25, 0.3) is 0 Å². The van der Waals surface area contributed by atoms with E-state index in [-0.39, 0.29) is 5.97 Å². The number of nitrogens with zero attached hydrogens (tertiary/aromatic N) is 2. The van der Waals surface area contributed by atoms with Gasteiger partial charge in [0.1, 0.15) is 5.82 Å². The summed E-state index contributed by atoms with van der Waals surface area (Å²) < 4.78 is 4.97. The molecule has 2 heterocycles. The minimum absolute atomic E-state index is 0.327. The fourth-order valence-electron chi connectivity index (χ4n) is 1.99. The van der Waals surface area contributed by atoms with Crippen molar-refractivity contribution in [3.8, 4) is 0 Å². The van der Waals surface area contributed by atoms with Crippen LogP contribution >= 0.6 is 11.3 Å². The van der Waals surface area contributed by atoms with Gasteiger partial charge < -0.3 is 9.64 Å². The summed E-state index contributed by atoms with van der Waals surface area (Å²) in [5, 5.41) is 2.07. The Labute approximate surface area is 129 Å². The lowest BCUT2D eigenvalue weighted by atomic mass is 10.2. The highest BCUT2D eigenvalue weighted by molar-refractivity contribution is 7.09. The average Bonchev–Trinajstić information content (AvgIpc) is 2.98. The lowest BCUT2D eigenvalue weighted by Gasteiger charge is -2.27. The Kier molecular flexibility index (Phi) is 5.33. The SMILES string of the molecule is CCOC(=O)c1ccc(N(Cc2cccs2)C(C)C)nc1. The molecule has 0 bridgehead atoms. The molecule has 0 aromatic carbocycles.